The summed E-state index contributed by atoms with van der Waals surface area (Å²) in [5, 5.41) is 3.61. The van der Waals surface area contributed by atoms with E-state index in [0.717, 1.165) is 24.2 Å². The molecule has 2 bridgehead atoms. The van der Waals surface area contributed by atoms with Gasteiger partial charge in [-0.25, -0.2) is 9.97 Å². The SMILES string of the molecule is Clc1cn(-c2csc(N3C4CCC3COC4)n2)cn1. The summed E-state index contributed by atoms with van der Waals surface area (Å²) in [6.07, 6.45) is 5.87. The van der Waals surface area contributed by atoms with E-state index in [9.17, 15) is 0 Å². The third-order valence-electron chi connectivity index (χ3n) is 3.76. The normalized spacial score (nSPS) is 26.1. The van der Waals surface area contributed by atoms with E-state index < -0.39 is 0 Å². The van der Waals surface area contributed by atoms with Gasteiger partial charge in [0.25, 0.3) is 0 Å². The molecule has 2 aliphatic heterocycles. The Morgan fingerprint density at radius 1 is 1.32 bits per heavy atom. The number of hydrogen-bond donors (Lipinski definition) is 0. The summed E-state index contributed by atoms with van der Waals surface area (Å²) < 4.78 is 7.46. The highest BCUT2D eigenvalue weighted by Crippen LogP contribution is 2.36. The van der Waals surface area contributed by atoms with Crippen molar-refractivity contribution in [1.82, 2.24) is 14.5 Å². The zero-order valence-corrected chi connectivity index (χ0v) is 11.8. The standard InChI is InChI=1S/C12H13ClN4OS/c13-10-3-16(7-14-10)11-6-19-12(15-11)17-8-1-2-9(17)5-18-4-8/h3,6-9H,1-2,4-5H2. The molecule has 0 saturated carbocycles. The van der Waals surface area contributed by atoms with Crippen molar-refractivity contribution in [1.29, 1.82) is 0 Å². The van der Waals surface area contributed by atoms with Crippen LogP contribution in [0.3, 0.4) is 0 Å². The molecule has 4 heterocycles. The summed E-state index contributed by atoms with van der Waals surface area (Å²) >= 11 is 7.51. The van der Waals surface area contributed by atoms with E-state index in [2.05, 4.69) is 9.88 Å². The van der Waals surface area contributed by atoms with Crippen LogP contribution in [0.25, 0.3) is 5.82 Å². The molecule has 2 unspecified atom stereocenters. The van der Waals surface area contributed by atoms with Gasteiger partial charge in [0, 0.05) is 11.6 Å². The number of halogens is 1. The fourth-order valence-corrected chi connectivity index (χ4v) is 3.96. The highest BCUT2D eigenvalue weighted by Gasteiger charge is 2.38. The van der Waals surface area contributed by atoms with Crippen LogP contribution in [0, 0.1) is 0 Å². The number of fused-ring (bicyclic) bond motifs is 2. The van der Waals surface area contributed by atoms with Gasteiger partial charge in [0.2, 0.25) is 0 Å². The number of aromatic nitrogens is 3. The van der Waals surface area contributed by atoms with Gasteiger partial charge >= 0.3 is 0 Å². The van der Waals surface area contributed by atoms with Crippen molar-refractivity contribution in [3.63, 3.8) is 0 Å². The van der Waals surface area contributed by atoms with Crippen LogP contribution in [-0.2, 0) is 4.74 Å². The Bertz CT molecular complexity index is 582. The van der Waals surface area contributed by atoms with Gasteiger partial charge in [0.1, 0.15) is 11.5 Å². The molecule has 2 saturated heterocycles. The summed E-state index contributed by atoms with van der Waals surface area (Å²) in [6, 6.07) is 0.980. The molecule has 0 aromatic carbocycles. The van der Waals surface area contributed by atoms with Crippen LogP contribution >= 0.6 is 22.9 Å². The van der Waals surface area contributed by atoms with Gasteiger partial charge in [-0.3, -0.25) is 4.57 Å². The maximum atomic E-state index is 5.84. The third-order valence-corrected chi connectivity index (χ3v) is 4.79. The summed E-state index contributed by atoms with van der Waals surface area (Å²) in [5.74, 6) is 0.880. The molecular formula is C12H13ClN4OS. The van der Waals surface area contributed by atoms with Gasteiger partial charge < -0.3 is 9.64 Å². The van der Waals surface area contributed by atoms with Crippen LogP contribution in [-0.4, -0.2) is 39.8 Å². The Kier molecular flexibility index (Phi) is 2.75. The first-order valence-corrected chi connectivity index (χ1v) is 7.58. The number of imidazole rings is 1. The monoisotopic (exact) mass is 296 g/mol. The molecule has 0 radical (unpaired) electrons. The minimum Gasteiger partial charge on any atom is -0.377 e. The maximum absolute atomic E-state index is 5.84. The number of morpholine rings is 1. The Balaban J connectivity index is 1.65. The Labute approximate surface area is 119 Å². The second-order valence-electron chi connectivity index (χ2n) is 4.92. The molecule has 0 spiro atoms. The molecule has 0 N–H and O–H groups in total. The first-order chi connectivity index (χ1) is 9.31. The van der Waals surface area contributed by atoms with Crippen molar-refractivity contribution in [2.24, 2.45) is 0 Å². The smallest absolute Gasteiger partial charge is 0.188 e. The average molecular weight is 297 g/mol. The second-order valence-corrected chi connectivity index (χ2v) is 6.15. The van der Waals surface area contributed by atoms with E-state index in [-0.39, 0.29) is 0 Å². The minimum atomic E-state index is 0.487. The van der Waals surface area contributed by atoms with E-state index in [4.69, 9.17) is 21.3 Å². The lowest BCUT2D eigenvalue weighted by Gasteiger charge is -2.34. The molecule has 4 rings (SSSR count). The predicted octanol–water partition coefficient (Wildman–Crippen LogP) is 2.35. The molecule has 2 atom stereocenters. The van der Waals surface area contributed by atoms with Crippen LogP contribution in [0.5, 0.6) is 0 Å². The van der Waals surface area contributed by atoms with E-state index in [1.165, 1.54) is 12.8 Å². The van der Waals surface area contributed by atoms with Crippen molar-refractivity contribution >= 4 is 28.1 Å². The largest absolute Gasteiger partial charge is 0.377 e. The van der Waals surface area contributed by atoms with Crippen molar-refractivity contribution in [3.05, 3.63) is 23.1 Å². The van der Waals surface area contributed by atoms with Gasteiger partial charge in [0.15, 0.2) is 10.9 Å². The Hall–Kier alpha value is -1.11. The first-order valence-electron chi connectivity index (χ1n) is 6.33. The lowest BCUT2D eigenvalue weighted by molar-refractivity contribution is 0.0906. The van der Waals surface area contributed by atoms with E-state index in [1.54, 1.807) is 23.9 Å². The third kappa shape index (κ3) is 1.94. The van der Waals surface area contributed by atoms with Gasteiger partial charge in [-0.05, 0) is 12.8 Å². The predicted molar refractivity (Wildman–Crippen MR) is 74.4 cm³/mol. The first kappa shape index (κ1) is 11.7. The van der Waals surface area contributed by atoms with Gasteiger partial charge in [-0.2, -0.15) is 0 Å². The van der Waals surface area contributed by atoms with Gasteiger partial charge in [-0.15, -0.1) is 11.3 Å². The van der Waals surface area contributed by atoms with Crippen LogP contribution in [0.2, 0.25) is 5.15 Å². The van der Waals surface area contributed by atoms with Crippen LogP contribution in [0.4, 0.5) is 5.13 Å². The van der Waals surface area contributed by atoms with Crippen LogP contribution in [0.1, 0.15) is 12.8 Å². The fraction of sp³-hybridized carbons (Fsp3) is 0.500. The fourth-order valence-electron chi connectivity index (χ4n) is 2.86. The maximum Gasteiger partial charge on any atom is 0.188 e. The quantitative estimate of drug-likeness (QED) is 0.853. The molecule has 2 aromatic rings. The summed E-state index contributed by atoms with van der Waals surface area (Å²) in [4.78, 5) is 11.2. The zero-order valence-electron chi connectivity index (χ0n) is 10.2. The van der Waals surface area contributed by atoms with Crippen molar-refractivity contribution in [3.8, 4) is 5.82 Å². The van der Waals surface area contributed by atoms with Crippen LogP contribution in [0.15, 0.2) is 17.9 Å². The number of ether oxygens (including phenoxy) is 1. The lowest BCUT2D eigenvalue weighted by Crippen LogP contribution is -2.45. The molecule has 5 nitrogen and oxygen atoms in total. The van der Waals surface area contributed by atoms with Crippen molar-refractivity contribution in [2.75, 3.05) is 18.1 Å². The molecule has 2 fully saturated rings. The second kappa shape index (κ2) is 4.47. The summed E-state index contributed by atoms with van der Waals surface area (Å²) in [7, 11) is 0. The van der Waals surface area contributed by atoms with Crippen molar-refractivity contribution < 1.29 is 4.74 Å². The number of nitrogens with zero attached hydrogens (tertiary/aromatic N) is 4. The lowest BCUT2D eigenvalue weighted by atomic mass is 10.2. The van der Waals surface area contributed by atoms with Crippen molar-refractivity contribution in [2.45, 2.75) is 24.9 Å². The van der Waals surface area contributed by atoms with Crippen LogP contribution < -0.4 is 4.90 Å². The van der Waals surface area contributed by atoms with E-state index >= 15 is 0 Å². The molecule has 100 valence electrons. The van der Waals surface area contributed by atoms with Gasteiger partial charge in [-0.1, -0.05) is 11.6 Å². The molecule has 0 aliphatic carbocycles. The van der Waals surface area contributed by atoms with E-state index in [0.29, 0.717) is 17.2 Å². The average Bonchev–Trinajstić information content (AvgIpc) is 3.08. The molecule has 2 aromatic heterocycles. The van der Waals surface area contributed by atoms with E-state index in [1.807, 2.05) is 9.95 Å². The minimum absolute atomic E-state index is 0.487. The topological polar surface area (TPSA) is 43.2 Å². The molecular weight excluding hydrogens is 284 g/mol. The number of anilines is 1. The Morgan fingerprint density at radius 3 is 2.79 bits per heavy atom. The summed E-state index contributed by atoms with van der Waals surface area (Å²) in [5.41, 5.74) is 0. The highest BCUT2D eigenvalue weighted by molar-refractivity contribution is 7.14. The number of thiazole rings is 1. The summed E-state index contributed by atoms with van der Waals surface area (Å²) in [6.45, 7) is 1.64. The molecule has 2 aliphatic rings. The number of rotatable bonds is 2. The molecule has 7 heteroatoms. The highest BCUT2D eigenvalue weighted by atomic mass is 35.5. The molecule has 0 amide bonds. The zero-order chi connectivity index (χ0) is 12.8. The number of hydrogen-bond acceptors (Lipinski definition) is 5. The Morgan fingerprint density at radius 2 is 2.11 bits per heavy atom. The van der Waals surface area contributed by atoms with Gasteiger partial charge in [0.05, 0.1) is 25.3 Å². The molecule has 19 heavy (non-hydrogen) atoms.